The van der Waals surface area contributed by atoms with Crippen LogP contribution in [0, 0.1) is 0 Å². The Hall–Kier alpha value is -1.68. The molecule has 0 bridgehead atoms. The van der Waals surface area contributed by atoms with Crippen molar-refractivity contribution in [1.82, 2.24) is 5.32 Å². The Kier molecular flexibility index (Phi) is 4.90. The number of ether oxygens (including phenoxy) is 3. The predicted octanol–water partition coefficient (Wildman–Crippen LogP) is 3.08. The molecule has 0 spiro atoms. The van der Waals surface area contributed by atoms with Gasteiger partial charge in [-0.3, -0.25) is 0 Å². The Morgan fingerprint density at radius 3 is 2.00 bits per heavy atom. The zero-order valence-electron chi connectivity index (χ0n) is 12.6. The van der Waals surface area contributed by atoms with Crippen LogP contribution in [0.4, 0.5) is 0 Å². The highest BCUT2D eigenvalue weighted by molar-refractivity contribution is 5.54. The molecule has 1 N–H and O–H groups in total. The van der Waals surface area contributed by atoms with Gasteiger partial charge in [-0.2, -0.15) is 0 Å². The highest BCUT2D eigenvalue weighted by Gasteiger charge is 2.19. The second-order valence-electron chi connectivity index (χ2n) is 4.99. The van der Waals surface area contributed by atoms with Gasteiger partial charge in [-0.1, -0.05) is 12.2 Å². The van der Waals surface area contributed by atoms with Crippen molar-refractivity contribution in [2.45, 2.75) is 31.8 Å². The van der Waals surface area contributed by atoms with E-state index in [4.69, 9.17) is 14.2 Å². The molecule has 110 valence electrons. The van der Waals surface area contributed by atoms with Crippen molar-refractivity contribution in [3.8, 4) is 17.2 Å². The van der Waals surface area contributed by atoms with Crippen molar-refractivity contribution in [2.24, 2.45) is 0 Å². The summed E-state index contributed by atoms with van der Waals surface area (Å²) in [6.07, 6.45) is 6.63. The molecule has 0 fully saturated rings. The lowest BCUT2D eigenvalue weighted by molar-refractivity contribution is 0.322. The molecule has 4 heteroatoms. The third-order valence-electron chi connectivity index (χ3n) is 3.68. The molecule has 0 aromatic heterocycles. The lowest BCUT2D eigenvalue weighted by atomic mass is 10.1. The minimum atomic E-state index is 0.230. The second kappa shape index (κ2) is 6.66. The molecule has 20 heavy (non-hydrogen) atoms. The van der Waals surface area contributed by atoms with Crippen LogP contribution in [0.2, 0.25) is 0 Å². The van der Waals surface area contributed by atoms with Gasteiger partial charge in [0.25, 0.3) is 0 Å². The molecule has 0 saturated heterocycles. The Morgan fingerprint density at radius 1 is 1.00 bits per heavy atom. The maximum absolute atomic E-state index is 5.39. The summed E-state index contributed by atoms with van der Waals surface area (Å²) in [6, 6.07) is 4.75. The van der Waals surface area contributed by atoms with E-state index in [-0.39, 0.29) is 6.04 Å². The molecule has 0 aliphatic heterocycles. The van der Waals surface area contributed by atoms with Crippen molar-refractivity contribution in [1.29, 1.82) is 0 Å². The van der Waals surface area contributed by atoms with Crippen molar-refractivity contribution < 1.29 is 14.2 Å². The number of hydrogen-bond donors (Lipinski definition) is 1. The average Bonchev–Trinajstić information content (AvgIpc) is 2.98. The molecule has 1 unspecified atom stereocenters. The Balaban J connectivity index is 2.21. The summed E-state index contributed by atoms with van der Waals surface area (Å²) in [7, 11) is 4.89. The summed E-state index contributed by atoms with van der Waals surface area (Å²) in [5.74, 6) is 2.02. The molecule has 2 rings (SSSR count). The topological polar surface area (TPSA) is 39.7 Å². The lowest BCUT2D eigenvalue weighted by Gasteiger charge is -2.22. The van der Waals surface area contributed by atoms with E-state index in [9.17, 15) is 0 Å². The van der Waals surface area contributed by atoms with E-state index in [1.54, 1.807) is 21.3 Å². The third kappa shape index (κ3) is 3.07. The molecule has 1 atom stereocenters. The van der Waals surface area contributed by atoms with Gasteiger partial charge in [0.05, 0.1) is 21.3 Å². The minimum Gasteiger partial charge on any atom is -0.493 e. The standard InChI is InChI=1S/C16H23NO3/c1-11(17-13-7-5-6-8-13)12-9-14(18-2)16(20-4)15(10-12)19-3/h5-6,9-11,13,17H,7-8H2,1-4H3. The van der Waals surface area contributed by atoms with Gasteiger partial charge < -0.3 is 19.5 Å². The van der Waals surface area contributed by atoms with E-state index in [0.29, 0.717) is 23.3 Å². The van der Waals surface area contributed by atoms with E-state index in [1.165, 1.54) is 0 Å². The fraction of sp³-hybridized carbons (Fsp3) is 0.500. The fourth-order valence-corrected chi connectivity index (χ4v) is 2.55. The van der Waals surface area contributed by atoms with E-state index >= 15 is 0 Å². The number of methoxy groups -OCH3 is 3. The van der Waals surface area contributed by atoms with Gasteiger partial charge in [-0.25, -0.2) is 0 Å². The van der Waals surface area contributed by atoms with Gasteiger partial charge >= 0.3 is 0 Å². The van der Waals surface area contributed by atoms with Gasteiger partial charge in [0.1, 0.15) is 0 Å². The van der Waals surface area contributed by atoms with E-state index in [2.05, 4.69) is 24.4 Å². The number of rotatable bonds is 6. The van der Waals surface area contributed by atoms with Crippen molar-refractivity contribution >= 4 is 0 Å². The molecular formula is C16H23NO3. The molecule has 0 saturated carbocycles. The second-order valence-corrected chi connectivity index (χ2v) is 4.99. The largest absolute Gasteiger partial charge is 0.493 e. The van der Waals surface area contributed by atoms with Crippen molar-refractivity contribution in [3.05, 3.63) is 29.8 Å². The van der Waals surface area contributed by atoms with Crippen LogP contribution in [0.15, 0.2) is 24.3 Å². The van der Waals surface area contributed by atoms with Gasteiger partial charge in [0.15, 0.2) is 11.5 Å². The van der Waals surface area contributed by atoms with Crippen LogP contribution < -0.4 is 19.5 Å². The maximum atomic E-state index is 5.39. The van der Waals surface area contributed by atoms with Gasteiger partial charge in [0, 0.05) is 12.1 Å². The van der Waals surface area contributed by atoms with E-state index in [1.807, 2.05) is 12.1 Å². The normalized spacial score (nSPS) is 16.2. The number of nitrogens with one attached hydrogen (secondary N) is 1. The van der Waals surface area contributed by atoms with Crippen LogP contribution in [-0.4, -0.2) is 27.4 Å². The summed E-state index contributed by atoms with van der Waals surface area (Å²) < 4.78 is 16.1. The lowest BCUT2D eigenvalue weighted by Crippen LogP contribution is -2.29. The van der Waals surface area contributed by atoms with Crippen molar-refractivity contribution in [2.75, 3.05) is 21.3 Å². The maximum Gasteiger partial charge on any atom is 0.203 e. The van der Waals surface area contributed by atoms with Crippen LogP contribution in [-0.2, 0) is 0 Å². The first kappa shape index (κ1) is 14.7. The fourth-order valence-electron chi connectivity index (χ4n) is 2.55. The predicted molar refractivity (Wildman–Crippen MR) is 79.8 cm³/mol. The molecule has 0 heterocycles. The van der Waals surface area contributed by atoms with Crippen LogP contribution in [0.3, 0.4) is 0 Å². The van der Waals surface area contributed by atoms with Crippen LogP contribution >= 0.6 is 0 Å². The summed E-state index contributed by atoms with van der Waals surface area (Å²) in [5, 5.41) is 3.62. The highest BCUT2D eigenvalue weighted by Crippen LogP contribution is 2.39. The molecule has 4 nitrogen and oxygen atoms in total. The monoisotopic (exact) mass is 277 g/mol. The first-order valence-corrected chi connectivity index (χ1v) is 6.90. The molecule has 1 aromatic rings. The third-order valence-corrected chi connectivity index (χ3v) is 3.68. The Bertz CT molecular complexity index is 452. The van der Waals surface area contributed by atoms with Gasteiger partial charge in [-0.05, 0) is 37.5 Å². The number of benzene rings is 1. The summed E-state index contributed by atoms with van der Waals surface area (Å²) in [5.41, 5.74) is 1.13. The SMILES string of the molecule is COc1cc(C(C)NC2CC=CC2)cc(OC)c1OC. The molecule has 1 aromatic carbocycles. The van der Waals surface area contributed by atoms with E-state index in [0.717, 1.165) is 18.4 Å². The molecular weight excluding hydrogens is 254 g/mol. The quantitative estimate of drug-likeness (QED) is 0.811. The summed E-state index contributed by atoms with van der Waals surface area (Å²) >= 11 is 0. The van der Waals surface area contributed by atoms with E-state index < -0.39 is 0 Å². The number of hydrogen-bond acceptors (Lipinski definition) is 4. The molecule has 0 amide bonds. The average molecular weight is 277 g/mol. The smallest absolute Gasteiger partial charge is 0.203 e. The summed E-state index contributed by atoms with van der Waals surface area (Å²) in [6.45, 7) is 2.15. The minimum absolute atomic E-state index is 0.230. The zero-order valence-corrected chi connectivity index (χ0v) is 12.6. The first-order chi connectivity index (χ1) is 9.69. The molecule has 0 radical (unpaired) electrons. The Labute approximate surface area is 120 Å². The van der Waals surface area contributed by atoms with Crippen LogP contribution in [0.25, 0.3) is 0 Å². The van der Waals surface area contributed by atoms with Crippen LogP contribution in [0.1, 0.15) is 31.4 Å². The van der Waals surface area contributed by atoms with Gasteiger partial charge in [0.2, 0.25) is 5.75 Å². The van der Waals surface area contributed by atoms with Crippen molar-refractivity contribution in [3.63, 3.8) is 0 Å². The summed E-state index contributed by atoms with van der Waals surface area (Å²) in [4.78, 5) is 0. The van der Waals surface area contributed by atoms with Crippen LogP contribution in [0.5, 0.6) is 17.2 Å². The highest BCUT2D eigenvalue weighted by atomic mass is 16.5. The zero-order chi connectivity index (χ0) is 14.5. The first-order valence-electron chi connectivity index (χ1n) is 6.90. The van der Waals surface area contributed by atoms with Gasteiger partial charge in [-0.15, -0.1) is 0 Å². The Morgan fingerprint density at radius 2 is 1.55 bits per heavy atom. The molecule has 1 aliphatic rings. The molecule has 1 aliphatic carbocycles.